The third kappa shape index (κ3) is 4.32. The van der Waals surface area contributed by atoms with Crippen molar-refractivity contribution in [1.82, 2.24) is 9.97 Å². The molecule has 1 heterocycles. The summed E-state index contributed by atoms with van der Waals surface area (Å²) in [5, 5.41) is 6.78. The van der Waals surface area contributed by atoms with E-state index in [1.165, 1.54) is 19.3 Å². The second-order valence-corrected chi connectivity index (χ2v) is 7.72. The van der Waals surface area contributed by atoms with Crippen LogP contribution in [0.25, 0.3) is 0 Å². The molecule has 1 saturated carbocycles. The molecule has 1 aliphatic rings. The van der Waals surface area contributed by atoms with Crippen LogP contribution in [0.5, 0.6) is 0 Å². The fraction of sp³-hybridized carbons (Fsp3) is 0.765. The Morgan fingerprint density at radius 2 is 1.57 bits per heavy atom. The van der Waals surface area contributed by atoms with E-state index in [1.54, 1.807) is 0 Å². The van der Waals surface area contributed by atoms with Gasteiger partial charge in [0.2, 0.25) is 0 Å². The van der Waals surface area contributed by atoms with Crippen LogP contribution < -0.4 is 10.6 Å². The van der Waals surface area contributed by atoms with Crippen LogP contribution in [0.15, 0.2) is 6.07 Å². The van der Waals surface area contributed by atoms with E-state index in [1.807, 2.05) is 13.1 Å². The van der Waals surface area contributed by atoms with Crippen molar-refractivity contribution in [3.8, 4) is 0 Å². The van der Waals surface area contributed by atoms with Crippen molar-refractivity contribution in [2.75, 3.05) is 17.7 Å². The smallest absolute Gasteiger partial charge is 0.138 e. The second kappa shape index (κ2) is 6.20. The van der Waals surface area contributed by atoms with Crippen LogP contribution in [0, 0.1) is 11.8 Å². The van der Waals surface area contributed by atoms with Crippen LogP contribution >= 0.6 is 0 Å². The molecule has 0 aromatic carbocycles. The zero-order valence-electron chi connectivity index (χ0n) is 14.3. The summed E-state index contributed by atoms with van der Waals surface area (Å²) in [6.07, 6.45) is 3.80. The van der Waals surface area contributed by atoms with Gasteiger partial charge in [-0.1, -0.05) is 34.6 Å². The highest BCUT2D eigenvalue weighted by Gasteiger charge is 2.25. The summed E-state index contributed by atoms with van der Waals surface area (Å²) in [7, 11) is 1.91. The van der Waals surface area contributed by atoms with Gasteiger partial charge in [-0.25, -0.2) is 9.97 Å². The van der Waals surface area contributed by atoms with Gasteiger partial charge in [0.05, 0.1) is 0 Å². The van der Waals surface area contributed by atoms with Gasteiger partial charge in [-0.2, -0.15) is 0 Å². The molecule has 1 aromatic heterocycles. The minimum absolute atomic E-state index is 0.0452. The van der Waals surface area contributed by atoms with Gasteiger partial charge >= 0.3 is 0 Å². The lowest BCUT2D eigenvalue weighted by Gasteiger charge is -2.32. The Bertz CT molecular complexity index is 468. The molecule has 1 aliphatic carbocycles. The molecule has 1 aromatic rings. The van der Waals surface area contributed by atoms with E-state index >= 15 is 0 Å². The predicted octanol–water partition coefficient (Wildman–Crippen LogP) is 4.05. The van der Waals surface area contributed by atoms with Gasteiger partial charge in [0.25, 0.3) is 0 Å². The molecule has 0 spiro atoms. The van der Waals surface area contributed by atoms with Gasteiger partial charge in [0.1, 0.15) is 17.5 Å². The molecule has 2 unspecified atom stereocenters. The standard InChI is InChI=1S/C17H30N4/c1-11-7-12(2)9-13(8-11)19-15-10-14(18-6)20-16(21-15)17(3,4)5/h10-13H,7-9H2,1-6H3,(H2,18,19,20,21). The summed E-state index contributed by atoms with van der Waals surface area (Å²) >= 11 is 0. The van der Waals surface area contributed by atoms with Crippen molar-refractivity contribution in [3.63, 3.8) is 0 Å². The van der Waals surface area contributed by atoms with Crippen LogP contribution in [0.2, 0.25) is 0 Å². The predicted molar refractivity (Wildman–Crippen MR) is 89.9 cm³/mol. The lowest BCUT2D eigenvalue weighted by molar-refractivity contribution is 0.280. The average Bonchev–Trinajstić information content (AvgIpc) is 2.36. The van der Waals surface area contributed by atoms with Crippen molar-refractivity contribution in [2.45, 2.75) is 65.3 Å². The monoisotopic (exact) mass is 290 g/mol. The summed E-state index contributed by atoms with van der Waals surface area (Å²) in [5.74, 6) is 4.30. The molecule has 2 N–H and O–H groups in total. The molecule has 4 nitrogen and oxygen atoms in total. The van der Waals surface area contributed by atoms with Crippen molar-refractivity contribution in [1.29, 1.82) is 0 Å². The van der Waals surface area contributed by atoms with Gasteiger partial charge in [0, 0.05) is 24.6 Å². The number of anilines is 2. The number of aromatic nitrogens is 2. The summed E-state index contributed by atoms with van der Waals surface area (Å²) in [6, 6.07) is 2.54. The summed E-state index contributed by atoms with van der Waals surface area (Å²) in [4.78, 5) is 9.32. The number of hydrogen-bond acceptors (Lipinski definition) is 4. The molecule has 0 bridgehead atoms. The third-order valence-corrected chi connectivity index (χ3v) is 4.18. The Labute approximate surface area is 129 Å². The maximum Gasteiger partial charge on any atom is 0.138 e. The van der Waals surface area contributed by atoms with E-state index in [4.69, 9.17) is 4.98 Å². The average molecular weight is 290 g/mol. The zero-order chi connectivity index (χ0) is 15.6. The van der Waals surface area contributed by atoms with Crippen LogP contribution in [0.4, 0.5) is 11.6 Å². The highest BCUT2D eigenvalue weighted by Crippen LogP contribution is 2.31. The normalized spacial score (nSPS) is 26.5. The Balaban J connectivity index is 2.19. The first-order chi connectivity index (χ1) is 9.77. The second-order valence-electron chi connectivity index (χ2n) is 7.72. The molecule has 2 rings (SSSR count). The van der Waals surface area contributed by atoms with Crippen molar-refractivity contribution in [2.24, 2.45) is 11.8 Å². The summed E-state index contributed by atoms with van der Waals surface area (Å²) in [6.45, 7) is 11.1. The molecular formula is C17H30N4. The number of nitrogens with one attached hydrogen (secondary N) is 2. The molecule has 21 heavy (non-hydrogen) atoms. The molecule has 0 aliphatic heterocycles. The SMILES string of the molecule is CNc1cc(NC2CC(C)CC(C)C2)nc(C(C)(C)C)n1. The third-order valence-electron chi connectivity index (χ3n) is 4.18. The van der Waals surface area contributed by atoms with E-state index in [9.17, 15) is 0 Å². The highest BCUT2D eigenvalue weighted by atomic mass is 15.1. The van der Waals surface area contributed by atoms with Crippen molar-refractivity contribution >= 4 is 11.6 Å². The van der Waals surface area contributed by atoms with E-state index in [2.05, 4.69) is 50.2 Å². The summed E-state index contributed by atoms with van der Waals surface area (Å²) < 4.78 is 0. The van der Waals surface area contributed by atoms with Crippen LogP contribution in [0.3, 0.4) is 0 Å². The molecule has 0 saturated heterocycles. The lowest BCUT2D eigenvalue weighted by atomic mass is 9.80. The molecule has 0 radical (unpaired) electrons. The number of rotatable bonds is 3. The number of nitrogens with zero attached hydrogens (tertiary/aromatic N) is 2. The quantitative estimate of drug-likeness (QED) is 0.881. The van der Waals surface area contributed by atoms with Gasteiger partial charge in [-0.15, -0.1) is 0 Å². The largest absolute Gasteiger partial charge is 0.373 e. The molecule has 1 fully saturated rings. The topological polar surface area (TPSA) is 49.8 Å². The van der Waals surface area contributed by atoms with E-state index < -0.39 is 0 Å². The fourth-order valence-electron chi connectivity index (χ4n) is 3.26. The van der Waals surface area contributed by atoms with Crippen molar-refractivity contribution < 1.29 is 0 Å². The Morgan fingerprint density at radius 1 is 1.00 bits per heavy atom. The van der Waals surface area contributed by atoms with Crippen LogP contribution in [-0.2, 0) is 5.41 Å². The van der Waals surface area contributed by atoms with E-state index in [0.717, 1.165) is 29.3 Å². The molecule has 2 atom stereocenters. The Kier molecular flexibility index (Phi) is 4.74. The van der Waals surface area contributed by atoms with Gasteiger partial charge < -0.3 is 10.6 Å². The van der Waals surface area contributed by atoms with Gasteiger partial charge in [-0.3, -0.25) is 0 Å². The highest BCUT2D eigenvalue weighted by molar-refractivity contribution is 5.48. The minimum atomic E-state index is -0.0452. The van der Waals surface area contributed by atoms with Gasteiger partial charge in [0.15, 0.2) is 0 Å². The maximum absolute atomic E-state index is 4.73. The number of hydrogen-bond donors (Lipinski definition) is 2. The first-order valence-corrected chi connectivity index (χ1v) is 8.11. The van der Waals surface area contributed by atoms with Crippen LogP contribution in [0.1, 0.15) is 59.7 Å². The zero-order valence-corrected chi connectivity index (χ0v) is 14.3. The van der Waals surface area contributed by atoms with E-state index in [0.29, 0.717) is 6.04 Å². The van der Waals surface area contributed by atoms with Gasteiger partial charge in [-0.05, 0) is 31.1 Å². The molecular weight excluding hydrogens is 260 g/mol. The fourth-order valence-corrected chi connectivity index (χ4v) is 3.26. The lowest BCUT2D eigenvalue weighted by Crippen LogP contribution is -2.31. The minimum Gasteiger partial charge on any atom is -0.373 e. The first kappa shape index (κ1) is 16.1. The Hall–Kier alpha value is -1.32. The maximum atomic E-state index is 4.73. The molecule has 0 amide bonds. The molecule has 4 heteroatoms. The van der Waals surface area contributed by atoms with Crippen molar-refractivity contribution in [3.05, 3.63) is 11.9 Å². The Morgan fingerprint density at radius 3 is 2.10 bits per heavy atom. The van der Waals surface area contributed by atoms with E-state index in [-0.39, 0.29) is 5.41 Å². The summed E-state index contributed by atoms with van der Waals surface area (Å²) in [5.41, 5.74) is -0.0452. The molecule has 118 valence electrons. The first-order valence-electron chi connectivity index (χ1n) is 8.11. The van der Waals surface area contributed by atoms with Crippen LogP contribution in [-0.4, -0.2) is 23.1 Å².